The summed E-state index contributed by atoms with van der Waals surface area (Å²) in [6.45, 7) is 2.81. The lowest BCUT2D eigenvalue weighted by atomic mass is 9.92. The van der Waals surface area contributed by atoms with E-state index in [1.165, 1.54) is 6.42 Å². The van der Waals surface area contributed by atoms with Gasteiger partial charge >= 0.3 is 0 Å². The fourth-order valence-electron chi connectivity index (χ4n) is 4.14. The summed E-state index contributed by atoms with van der Waals surface area (Å²) in [7, 11) is 0. The van der Waals surface area contributed by atoms with Crippen LogP contribution < -0.4 is 10.6 Å². The van der Waals surface area contributed by atoms with Gasteiger partial charge in [0.1, 0.15) is 0 Å². The number of hydrogen-bond donors (Lipinski definition) is 2. The Morgan fingerprint density at radius 3 is 2.31 bits per heavy atom. The molecule has 160 valence electrons. The van der Waals surface area contributed by atoms with Crippen LogP contribution >= 0.6 is 0 Å². The van der Waals surface area contributed by atoms with E-state index in [9.17, 15) is 22.8 Å². The Hall–Kier alpha value is -2.09. The molecule has 1 atom stereocenters. The van der Waals surface area contributed by atoms with Gasteiger partial charge in [-0.15, -0.1) is 0 Å². The maximum absolute atomic E-state index is 13.8. The van der Waals surface area contributed by atoms with Crippen LogP contribution in [0.25, 0.3) is 0 Å². The maximum Gasteiger partial charge on any atom is 0.241 e. The average molecular weight is 411 g/mol. The number of anilines is 1. The van der Waals surface area contributed by atoms with Gasteiger partial charge in [0.05, 0.1) is 11.7 Å². The Labute approximate surface area is 169 Å². The molecular formula is C21H28F3N3O2. The zero-order chi connectivity index (χ0) is 21.0. The molecule has 0 spiro atoms. The van der Waals surface area contributed by atoms with Gasteiger partial charge in [-0.2, -0.15) is 0 Å². The molecule has 2 N–H and O–H groups in total. The number of carbonyl (C=O) groups excluding carboxylic acids is 2. The number of likely N-dealkylation sites (tertiary alicyclic amines) is 1. The summed E-state index contributed by atoms with van der Waals surface area (Å²) in [6.07, 6.45) is 6.94. The van der Waals surface area contributed by atoms with Gasteiger partial charge in [-0.1, -0.05) is 19.3 Å². The fourth-order valence-corrected chi connectivity index (χ4v) is 4.14. The molecule has 2 aliphatic rings. The van der Waals surface area contributed by atoms with E-state index >= 15 is 0 Å². The molecule has 1 aliphatic carbocycles. The SMILES string of the molecule is C[C@H](C(=O)Nc1ccc(F)c(F)c1F)N1CCC(C(=O)NC2CCCCC2)CC1. The van der Waals surface area contributed by atoms with Crippen LogP contribution in [0.5, 0.6) is 0 Å². The van der Waals surface area contributed by atoms with Gasteiger partial charge in [-0.25, -0.2) is 13.2 Å². The number of benzene rings is 1. The standard InChI is InChI=1S/C21H28F3N3O2/c1-13(20(28)26-17-8-7-16(22)18(23)19(17)24)27-11-9-14(10-12-27)21(29)25-15-5-3-2-4-6-15/h7-8,13-15H,2-6,9-12H2,1H3,(H,25,29)(H,26,28)/t13-/m1/s1. The van der Waals surface area contributed by atoms with Crippen molar-refractivity contribution in [1.29, 1.82) is 0 Å². The molecule has 29 heavy (non-hydrogen) atoms. The highest BCUT2D eigenvalue weighted by Crippen LogP contribution is 2.24. The van der Waals surface area contributed by atoms with E-state index in [1.54, 1.807) is 6.92 Å². The quantitative estimate of drug-likeness (QED) is 0.728. The minimum absolute atomic E-state index is 0.0629. The van der Waals surface area contributed by atoms with Gasteiger partial charge in [0.25, 0.3) is 0 Å². The van der Waals surface area contributed by atoms with Gasteiger partial charge in [-0.05, 0) is 57.8 Å². The molecule has 5 nitrogen and oxygen atoms in total. The molecular weight excluding hydrogens is 383 g/mol. The second-order valence-corrected chi connectivity index (χ2v) is 8.04. The molecule has 0 aromatic heterocycles. The van der Waals surface area contributed by atoms with Crippen molar-refractivity contribution in [2.24, 2.45) is 5.92 Å². The molecule has 1 heterocycles. The number of halogens is 3. The van der Waals surface area contributed by atoms with Crippen molar-refractivity contribution in [2.75, 3.05) is 18.4 Å². The molecule has 1 aromatic carbocycles. The summed E-state index contributed by atoms with van der Waals surface area (Å²) in [5, 5.41) is 5.48. The van der Waals surface area contributed by atoms with Crippen LogP contribution in [-0.2, 0) is 9.59 Å². The number of carbonyl (C=O) groups is 2. The van der Waals surface area contributed by atoms with E-state index in [-0.39, 0.29) is 23.6 Å². The molecule has 1 saturated heterocycles. The van der Waals surface area contributed by atoms with Crippen molar-refractivity contribution in [2.45, 2.75) is 64.0 Å². The first-order chi connectivity index (χ1) is 13.9. The monoisotopic (exact) mass is 411 g/mol. The molecule has 1 aliphatic heterocycles. The Morgan fingerprint density at radius 2 is 1.66 bits per heavy atom. The summed E-state index contributed by atoms with van der Waals surface area (Å²) in [4.78, 5) is 26.8. The number of hydrogen-bond acceptors (Lipinski definition) is 3. The third-order valence-corrected chi connectivity index (χ3v) is 6.07. The van der Waals surface area contributed by atoms with E-state index in [0.717, 1.165) is 37.8 Å². The van der Waals surface area contributed by atoms with Crippen LogP contribution in [0.4, 0.5) is 18.9 Å². The molecule has 3 rings (SSSR count). The van der Waals surface area contributed by atoms with Crippen LogP contribution in [0.1, 0.15) is 51.9 Å². The van der Waals surface area contributed by atoms with Gasteiger partial charge in [0, 0.05) is 12.0 Å². The average Bonchev–Trinajstić information content (AvgIpc) is 2.74. The third kappa shape index (κ3) is 5.29. The minimum Gasteiger partial charge on any atom is -0.353 e. The molecule has 0 radical (unpaired) electrons. The second-order valence-electron chi connectivity index (χ2n) is 8.04. The highest BCUT2D eigenvalue weighted by Gasteiger charge is 2.31. The molecule has 8 heteroatoms. The molecule has 0 bridgehead atoms. The zero-order valence-electron chi connectivity index (χ0n) is 16.6. The predicted molar refractivity (Wildman–Crippen MR) is 104 cm³/mol. The van der Waals surface area contributed by atoms with Crippen molar-refractivity contribution < 1.29 is 22.8 Å². The lowest BCUT2D eigenvalue weighted by Crippen LogP contribution is -2.49. The molecule has 0 unspecified atom stereocenters. The van der Waals surface area contributed by atoms with Crippen molar-refractivity contribution in [3.63, 3.8) is 0 Å². The highest BCUT2D eigenvalue weighted by atomic mass is 19.2. The van der Waals surface area contributed by atoms with Crippen LogP contribution in [0.3, 0.4) is 0 Å². The summed E-state index contributed by atoms with van der Waals surface area (Å²) in [5.74, 6) is -4.80. The van der Waals surface area contributed by atoms with Crippen molar-refractivity contribution in [1.82, 2.24) is 10.2 Å². The number of amides is 2. The number of piperidine rings is 1. The smallest absolute Gasteiger partial charge is 0.241 e. The van der Waals surface area contributed by atoms with Gasteiger partial charge in [0.2, 0.25) is 11.8 Å². The minimum atomic E-state index is -1.61. The first kappa shape index (κ1) is 21.6. The van der Waals surface area contributed by atoms with E-state index in [4.69, 9.17) is 0 Å². The first-order valence-corrected chi connectivity index (χ1v) is 10.4. The normalized spacial score (nSPS) is 20.3. The lowest BCUT2D eigenvalue weighted by Gasteiger charge is -2.35. The van der Waals surface area contributed by atoms with E-state index in [2.05, 4.69) is 10.6 Å². The van der Waals surface area contributed by atoms with Crippen LogP contribution in [-0.4, -0.2) is 41.9 Å². The Bertz CT molecular complexity index is 745. The molecule has 2 amide bonds. The molecule has 1 aromatic rings. The fraction of sp³-hybridized carbons (Fsp3) is 0.619. The Kier molecular flexibility index (Phi) is 7.16. The molecule has 2 fully saturated rings. The Balaban J connectivity index is 1.49. The van der Waals surface area contributed by atoms with Gasteiger partial charge in [0.15, 0.2) is 17.5 Å². The topological polar surface area (TPSA) is 61.4 Å². The molecule has 1 saturated carbocycles. The largest absolute Gasteiger partial charge is 0.353 e. The second kappa shape index (κ2) is 9.61. The Morgan fingerprint density at radius 1 is 1.00 bits per heavy atom. The summed E-state index contributed by atoms with van der Waals surface area (Å²) >= 11 is 0. The first-order valence-electron chi connectivity index (χ1n) is 10.4. The third-order valence-electron chi connectivity index (χ3n) is 6.07. The predicted octanol–water partition coefficient (Wildman–Crippen LogP) is 3.59. The van der Waals surface area contributed by atoms with Crippen LogP contribution in [0, 0.1) is 23.4 Å². The summed E-state index contributed by atoms with van der Waals surface area (Å²) in [6, 6.07) is 1.48. The van der Waals surface area contributed by atoms with E-state index in [1.807, 2.05) is 4.90 Å². The maximum atomic E-state index is 13.8. The van der Waals surface area contributed by atoms with Crippen molar-refractivity contribution >= 4 is 17.5 Å². The van der Waals surface area contributed by atoms with E-state index < -0.39 is 29.4 Å². The summed E-state index contributed by atoms with van der Waals surface area (Å²) < 4.78 is 40.1. The number of rotatable bonds is 5. The summed E-state index contributed by atoms with van der Waals surface area (Å²) in [5.41, 5.74) is -0.387. The van der Waals surface area contributed by atoms with Crippen molar-refractivity contribution in [3.05, 3.63) is 29.6 Å². The van der Waals surface area contributed by atoms with E-state index in [0.29, 0.717) is 25.9 Å². The zero-order valence-corrected chi connectivity index (χ0v) is 16.6. The van der Waals surface area contributed by atoms with Gasteiger partial charge in [-0.3, -0.25) is 14.5 Å². The highest BCUT2D eigenvalue weighted by molar-refractivity contribution is 5.94. The van der Waals surface area contributed by atoms with Crippen LogP contribution in [0.15, 0.2) is 12.1 Å². The number of nitrogens with one attached hydrogen (secondary N) is 2. The number of nitrogens with zero attached hydrogens (tertiary/aromatic N) is 1. The van der Waals surface area contributed by atoms with Gasteiger partial charge < -0.3 is 10.6 Å². The lowest BCUT2D eigenvalue weighted by molar-refractivity contribution is -0.128. The van der Waals surface area contributed by atoms with Crippen LogP contribution in [0.2, 0.25) is 0 Å². The van der Waals surface area contributed by atoms with Crippen molar-refractivity contribution in [3.8, 4) is 0 Å².